The number of nitrogens with two attached hydrogens (primary N) is 2. The molecule has 4 heteroatoms. The number of hydrogen-bond acceptors (Lipinski definition) is 2. The molecule has 0 aliphatic heterocycles. The summed E-state index contributed by atoms with van der Waals surface area (Å²) in [6.07, 6.45) is 3.91. The molecule has 0 aromatic heterocycles. The zero-order valence-electron chi connectivity index (χ0n) is 18.8. The second-order valence-electron chi connectivity index (χ2n) is 7.55. The van der Waals surface area contributed by atoms with E-state index >= 15 is 0 Å². The predicted molar refractivity (Wildman–Crippen MR) is 132 cm³/mol. The van der Waals surface area contributed by atoms with Gasteiger partial charge in [0.1, 0.15) is 11.7 Å². The quantitative estimate of drug-likeness (QED) is 0.302. The predicted octanol–water partition coefficient (Wildman–Crippen LogP) is 5.16. The fourth-order valence-corrected chi connectivity index (χ4v) is 3.52. The van der Waals surface area contributed by atoms with Crippen LogP contribution in [0, 0.1) is 17.7 Å². The lowest BCUT2D eigenvalue weighted by atomic mass is 9.96. The van der Waals surface area contributed by atoms with Crippen LogP contribution in [-0.4, -0.2) is 11.7 Å². The Morgan fingerprint density at radius 3 is 1.23 bits per heavy atom. The van der Waals surface area contributed by atoms with Gasteiger partial charge in [0.2, 0.25) is 0 Å². The van der Waals surface area contributed by atoms with Crippen molar-refractivity contribution in [2.45, 2.75) is 46.5 Å². The Hall–Kier alpha value is -3.40. The van der Waals surface area contributed by atoms with Crippen molar-refractivity contribution >= 4 is 11.7 Å². The number of hydrogen-bond donors (Lipinski definition) is 4. The zero-order chi connectivity index (χ0) is 22.8. The molecule has 3 rings (SSSR count). The van der Waals surface area contributed by atoms with Gasteiger partial charge < -0.3 is 11.5 Å². The van der Waals surface area contributed by atoms with Crippen molar-refractivity contribution in [2.24, 2.45) is 11.5 Å². The first-order chi connectivity index (χ1) is 14.9. The van der Waals surface area contributed by atoms with E-state index in [1.807, 2.05) is 38.1 Å². The fourth-order valence-electron chi connectivity index (χ4n) is 3.52. The van der Waals surface area contributed by atoms with Crippen LogP contribution in [0.15, 0.2) is 66.7 Å². The van der Waals surface area contributed by atoms with Crippen molar-refractivity contribution in [2.75, 3.05) is 0 Å². The lowest BCUT2D eigenvalue weighted by Gasteiger charge is -2.09. The van der Waals surface area contributed by atoms with Gasteiger partial charge in [0.15, 0.2) is 0 Å². The van der Waals surface area contributed by atoms with Crippen LogP contribution in [0.2, 0.25) is 0 Å². The molecule has 0 radical (unpaired) electrons. The second-order valence-corrected chi connectivity index (χ2v) is 7.55. The lowest BCUT2D eigenvalue weighted by Crippen LogP contribution is -2.10. The van der Waals surface area contributed by atoms with Crippen LogP contribution in [0.4, 0.5) is 0 Å². The Morgan fingerprint density at radius 1 is 0.581 bits per heavy atom. The number of nitrogen functional groups attached to an aromatic ring is 2. The average Bonchev–Trinajstić information content (AvgIpc) is 2.78. The highest BCUT2D eigenvalue weighted by atomic mass is 14.7. The molecule has 3 aromatic carbocycles. The average molecular weight is 415 g/mol. The van der Waals surface area contributed by atoms with Gasteiger partial charge in [0, 0.05) is 11.1 Å². The van der Waals surface area contributed by atoms with E-state index in [0.29, 0.717) is 0 Å². The molecule has 0 unspecified atom stereocenters. The molecule has 31 heavy (non-hydrogen) atoms. The van der Waals surface area contributed by atoms with E-state index in [0.717, 1.165) is 36.8 Å². The molecule has 3 aromatic rings. The fraction of sp³-hybridized carbons (Fsp3) is 0.259. The number of nitrogens with one attached hydrogen (secondary N) is 2. The highest BCUT2D eigenvalue weighted by molar-refractivity contribution is 5.95. The van der Waals surface area contributed by atoms with Crippen LogP contribution in [0.1, 0.15) is 52.8 Å². The largest absolute Gasteiger partial charge is 0.384 e. The van der Waals surface area contributed by atoms with Gasteiger partial charge in [-0.05, 0) is 54.9 Å². The smallest absolute Gasteiger partial charge is 0.122 e. The second kappa shape index (κ2) is 11.7. The molecule has 0 aliphatic carbocycles. The third kappa shape index (κ3) is 7.41. The van der Waals surface area contributed by atoms with E-state index in [1.54, 1.807) is 0 Å². The van der Waals surface area contributed by atoms with Crippen LogP contribution in [0.25, 0.3) is 0 Å². The first kappa shape index (κ1) is 23.9. The van der Waals surface area contributed by atoms with Crippen LogP contribution in [-0.2, 0) is 25.7 Å². The topological polar surface area (TPSA) is 99.7 Å². The highest BCUT2D eigenvalue weighted by Crippen LogP contribution is 2.16. The number of rotatable bonds is 8. The maximum atomic E-state index is 7.48. The molecule has 0 heterocycles. The van der Waals surface area contributed by atoms with Crippen LogP contribution in [0.5, 0.6) is 0 Å². The molecule has 162 valence electrons. The monoisotopic (exact) mass is 414 g/mol. The maximum absolute atomic E-state index is 7.48. The summed E-state index contributed by atoms with van der Waals surface area (Å²) in [6.45, 7) is 6.15. The molecule has 6 N–H and O–H groups in total. The molecule has 0 saturated carbocycles. The summed E-state index contributed by atoms with van der Waals surface area (Å²) in [5.41, 5.74) is 19.1. The van der Waals surface area contributed by atoms with Gasteiger partial charge in [-0.1, -0.05) is 86.1 Å². The molecular formula is C27H34N4. The van der Waals surface area contributed by atoms with Gasteiger partial charge in [-0.2, -0.15) is 0 Å². The summed E-state index contributed by atoms with van der Waals surface area (Å²) < 4.78 is 0. The first-order valence-electron chi connectivity index (χ1n) is 10.9. The van der Waals surface area contributed by atoms with Crippen molar-refractivity contribution in [1.29, 1.82) is 10.8 Å². The third-order valence-electron chi connectivity index (χ3n) is 5.13. The maximum Gasteiger partial charge on any atom is 0.122 e. The first-order valence-corrected chi connectivity index (χ1v) is 10.9. The summed E-state index contributed by atoms with van der Waals surface area (Å²) in [6, 6.07) is 22.7. The van der Waals surface area contributed by atoms with Gasteiger partial charge in [-0.3, -0.25) is 10.8 Å². The zero-order valence-corrected chi connectivity index (χ0v) is 18.8. The number of amidine groups is 2. The van der Waals surface area contributed by atoms with E-state index in [2.05, 4.69) is 49.4 Å². The summed E-state index contributed by atoms with van der Waals surface area (Å²) in [5.74, 6) is 0.214. The Kier molecular flexibility index (Phi) is 9.01. The Bertz CT molecular complexity index is 923. The molecule has 0 atom stereocenters. The summed E-state index contributed by atoms with van der Waals surface area (Å²) in [7, 11) is 0. The normalized spacial score (nSPS) is 10.2. The minimum atomic E-state index is 0.107. The van der Waals surface area contributed by atoms with E-state index in [4.69, 9.17) is 22.3 Å². The number of aryl methyl sites for hydroxylation is 5. The van der Waals surface area contributed by atoms with Crippen molar-refractivity contribution in [1.82, 2.24) is 0 Å². The summed E-state index contributed by atoms with van der Waals surface area (Å²) in [5, 5.41) is 15.0. The standard InChI is InChI=1S/C25H28N4.C2H6/c1-17-14-20(4-2-18-6-10-22(11-7-18)24(26)27)16-21(15-17)5-3-19-8-12-23(13-9-19)25(28)29;1-2/h6-16H,2-5H2,1H3,(H3,26,27)(H3,28,29);1-2H3. The van der Waals surface area contributed by atoms with Gasteiger partial charge in [-0.25, -0.2) is 0 Å². The van der Waals surface area contributed by atoms with Crippen molar-refractivity contribution in [3.63, 3.8) is 0 Å². The molecule has 4 nitrogen and oxygen atoms in total. The van der Waals surface area contributed by atoms with Crippen LogP contribution < -0.4 is 11.5 Å². The van der Waals surface area contributed by atoms with Gasteiger partial charge in [-0.15, -0.1) is 0 Å². The van der Waals surface area contributed by atoms with Crippen molar-refractivity contribution < 1.29 is 0 Å². The highest BCUT2D eigenvalue weighted by Gasteiger charge is 2.03. The summed E-state index contributed by atoms with van der Waals surface area (Å²) in [4.78, 5) is 0. The Labute approximate surface area is 186 Å². The lowest BCUT2D eigenvalue weighted by molar-refractivity contribution is 0.927. The third-order valence-corrected chi connectivity index (χ3v) is 5.13. The van der Waals surface area contributed by atoms with Gasteiger partial charge >= 0.3 is 0 Å². The molecule has 0 saturated heterocycles. The molecular weight excluding hydrogens is 380 g/mol. The molecule has 0 amide bonds. The van der Waals surface area contributed by atoms with E-state index in [-0.39, 0.29) is 11.7 Å². The number of benzene rings is 3. The van der Waals surface area contributed by atoms with Crippen LogP contribution >= 0.6 is 0 Å². The minimum absolute atomic E-state index is 0.107. The van der Waals surface area contributed by atoms with Gasteiger partial charge in [0.25, 0.3) is 0 Å². The van der Waals surface area contributed by atoms with E-state index in [9.17, 15) is 0 Å². The van der Waals surface area contributed by atoms with E-state index in [1.165, 1.54) is 27.8 Å². The SMILES string of the molecule is CC.Cc1cc(CCc2ccc(C(=N)N)cc2)cc(CCc2ccc(C(=N)N)cc2)c1. The molecule has 0 aliphatic rings. The van der Waals surface area contributed by atoms with Crippen molar-refractivity contribution in [3.8, 4) is 0 Å². The Morgan fingerprint density at radius 2 is 0.903 bits per heavy atom. The van der Waals surface area contributed by atoms with Gasteiger partial charge in [0.05, 0.1) is 0 Å². The molecule has 0 spiro atoms. The van der Waals surface area contributed by atoms with Crippen molar-refractivity contribution in [3.05, 3.63) is 106 Å². The Balaban J connectivity index is 0.00000166. The molecule has 0 fully saturated rings. The molecule has 0 bridgehead atoms. The van der Waals surface area contributed by atoms with Crippen LogP contribution in [0.3, 0.4) is 0 Å². The summed E-state index contributed by atoms with van der Waals surface area (Å²) >= 11 is 0. The van der Waals surface area contributed by atoms with E-state index < -0.39 is 0 Å². The minimum Gasteiger partial charge on any atom is -0.384 e.